The van der Waals surface area contributed by atoms with Crippen molar-refractivity contribution in [1.82, 2.24) is 9.88 Å². The Morgan fingerprint density at radius 3 is 2.61 bits per heavy atom. The van der Waals surface area contributed by atoms with Gasteiger partial charge in [0, 0.05) is 25.8 Å². The third-order valence-electron chi connectivity index (χ3n) is 3.57. The summed E-state index contributed by atoms with van der Waals surface area (Å²) >= 11 is 0. The lowest BCUT2D eigenvalue weighted by Gasteiger charge is -2.34. The number of piperidine rings is 1. The number of rotatable bonds is 3. The molecular formula is C14H24N4. The number of nitrogens with two attached hydrogens (primary N) is 1. The van der Waals surface area contributed by atoms with Gasteiger partial charge in [0.2, 0.25) is 0 Å². The second kappa shape index (κ2) is 5.57. The van der Waals surface area contributed by atoms with E-state index in [0.29, 0.717) is 0 Å². The van der Waals surface area contributed by atoms with Crippen LogP contribution in [-0.2, 0) is 0 Å². The van der Waals surface area contributed by atoms with Crippen LogP contribution in [0.5, 0.6) is 0 Å². The molecule has 1 saturated heterocycles. The standard InChI is InChI=1S/C14H24N4/c1-11-8-13(15)14(16-9-11)18-6-4-12(5-7-18)10-17(2)3/h8-9,12H,4-7,10,15H2,1-3H3. The molecular weight excluding hydrogens is 224 g/mol. The van der Waals surface area contributed by atoms with Gasteiger partial charge in [0.1, 0.15) is 0 Å². The predicted molar refractivity (Wildman–Crippen MR) is 76.9 cm³/mol. The minimum Gasteiger partial charge on any atom is -0.396 e. The van der Waals surface area contributed by atoms with Crippen LogP contribution in [0.4, 0.5) is 11.5 Å². The van der Waals surface area contributed by atoms with Crippen molar-refractivity contribution in [1.29, 1.82) is 0 Å². The maximum Gasteiger partial charge on any atom is 0.151 e. The van der Waals surface area contributed by atoms with E-state index < -0.39 is 0 Å². The van der Waals surface area contributed by atoms with E-state index in [0.717, 1.165) is 36.1 Å². The van der Waals surface area contributed by atoms with Crippen LogP contribution in [0.2, 0.25) is 0 Å². The van der Waals surface area contributed by atoms with Gasteiger partial charge in [0.15, 0.2) is 5.82 Å². The number of nitrogen functional groups attached to an aromatic ring is 1. The summed E-state index contributed by atoms with van der Waals surface area (Å²) in [6.07, 6.45) is 4.36. The Kier molecular flexibility index (Phi) is 4.07. The zero-order valence-corrected chi connectivity index (χ0v) is 11.7. The fourth-order valence-electron chi connectivity index (χ4n) is 2.69. The monoisotopic (exact) mass is 248 g/mol. The van der Waals surface area contributed by atoms with Crippen LogP contribution in [0.3, 0.4) is 0 Å². The lowest BCUT2D eigenvalue weighted by molar-refractivity contribution is 0.284. The Labute approximate surface area is 110 Å². The second-order valence-electron chi connectivity index (χ2n) is 5.62. The van der Waals surface area contributed by atoms with Gasteiger partial charge in [-0.05, 0) is 51.4 Å². The molecule has 1 aliphatic rings. The Hall–Kier alpha value is -1.29. The van der Waals surface area contributed by atoms with E-state index in [-0.39, 0.29) is 0 Å². The van der Waals surface area contributed by atoms with Gasteiger partial charge in [0.25, 0.3) is 0 Å². The zero-order chi connectivity index (χ0) is 13.1. The highest BCUT2D eigenvalue weighted by Gasteiger charge is 2.21. The fourth-order valence-corrected chi connectivity index (χ4v) is 2.69. The fraction of sp³-hybridized carbons (Fsp3) is 0.643. The average Bonchev–Trinajstić information content (AvgIpc) is 2.30. The molecule has 100 valence electrons. The number of anilines is 2. The van der Waals surface area contributed by atoms with Crippen molar-refractivity contribution in [3.8, 4) is 0 Å². The van der Waals surface area contributed by atoms with Gasteiger partial charge in [0.05, 0.1) is 5.69 Å². The Morgan fingerprint density at radius 1 is 1.39 bits per heavy atom. The lowest BCUT2D eigenvalue weighted by Crippen LogP contribution is -2.37. The first kappa shape index (κ1) is 13.1. The van der Waals surface area contributed by atoms with E-state index in [1.54, 1.807) is 0 Å². The van der Waals surface area contributed by atoms with Gasteiger partial charge < -0.3 is 15.5 Å². The third-order valence-corrected chi connectivity index (χ3v) is 3.57. The summed E-state index contributed by atoms with van der Waals surface area (Å²) < 4.78 is 0. The van der Waals surface area contributed by atoms with E-state index in [2.05, 4.69) is 28.9 Å². The van der Waals surface area contributed by atoms with Crippen molar-refractivity contribution < 1.29 is 0 Å². The van der Waals surface area contributed by atoms with Gasteiger partial charge in [-0.15, -0.1) is 0 Å². The van der Waals surface area contributed by atoms with Crippen LogP contribution in [0.15, 0.2) is 12.3 Å². The minimum absolute atomic E-state index is 0.807. The molecule has 0 aliphatic carbocycles. The summed E-state index contributed by atoms with van der Waals surface area (Å²) in [6, 6.07) is 2.01. The van der Waals surface area contributed by atoms with Crippen molar-refractivity contribution in [3.05, 3.63) is 17.8 Å². The van der Waals surface area contributed by atoms with Crippen LogP contribution in [0.1, 0.15) is 18.4 Å². The molecule has 18 heavy (non-hydrogen) atoms. The number of hydrogen-bond donors (Lipinski definition) is 1. The molecule has 1 aromatic heterocycles. The predicted octanol–water partition coefficient (Wildman–Crippen LogP) is 1.75. The van der Waals surface area contributed by atoms with Crippen molar-refractivity contribution in [2.24, 2.45) is 5.92 Å². The Morgan fingerprint density at radius 2 is 2.06 bits per heavy atom. The molecule has 2 rings (SSSR count). The smallest absolute Gasteiger partial charge is 0.151 e. The molecule has 0 spiro atoms. The van der Waals surface area contributed by atoms with E-state index >= 15 is 0 Å². The SMILES string of the molecule is Cc1cnc(N2CCC(CN(C)C)CC2)c(N)c1. The molecule has 0 saturated carbocycles. The molecule has 2 heterocycles. The molecule has 4 nitrogen and oxygen atoms in total. The molecule has 0 atom stereocenters. The summed E-state index contributed by atoms with van der Waals surface area (Å²) in [5.41, 5.74) is 7.99. The molecule has 0 aromatic carbocycles. The van der Waals surface area contributed by atoms with Crippen LogP contribution in [0, 0.1) is 12.8 Å². The van der Waals surface area contributed by atoms with Crippen molar-refractivity contribution in [2.75, 3.05) is 44.4 Å². The first-order valence-corrected chi connectivity index (χ1v) is 6.68. The maximum atomic E-state index is 6.06. The topological polar surface area (TPSA) is 45.4 Å². The molecule has 0 amide bonds. The number of hydrogen-bond acceptors (Lipinski definition) is 4. The molecule has 4 heteroatoms. The molecule has 0 unspecified atom stereocenters. The number of pyridine rings is 1. The highest BCUT2D eigenvalue weighted by Crippen LogP contribution is 2.26. The maximum absolute atomic E-state index is 6.06. The van der Waals surface area contributed by atoms with Crippen molar-refractivity contribution in [3.63, 3.8) is 0 Å². The van der Waals surface area contributed by atoms with E-state index in [1.165, 1.54) is 19.4 Å². The van der Waals surface area contributed by atoms with Gasteiger partial charge >= 0.3 is 0 Å². The van der Waals surface area contributed by atoms with Crippen molar-refractivity contribution in [2.45, 2.75) is 19.8 Å². The molecule has 1 aromatic rings. The molecule has 0 bridgehead atoms. The Balaban J connectivity index is 1.97. The van der Waals surface area contributed by atoms with Crippen LogP contribution in [-0.4, -0.2) is 43.6 Å². The zero-order valence-electron chi connectivity index (χ0n) is 11.7. The lowest BCUT2D eigenvalue weighted by atomic mass is 9.96. The van der Waals surface area contributed by atoms with E-state index in [1.807, 2.05) is 19.2 Å². The van der Waals surface area contributed by atoms with Gasteiger partial charge in [-0.25, -0.2) is 4.98 Å². The number of nitrogens with zero attached hydrogens (tertiary/aromatic N) is 3. The number of aromatic nitrogens is 1. The third kappa shape index (κ3) is 3.13. The van der Waals surface area contributed by atoms with Crippen LogP contribution < -0.4 is 10.6 Å². The first-order chi connectivity index (χ1) is 8.56. The van der Waals surface area contributed by atoms with E-state index in [4.69, 9.17) is 5.73 Å². The summed E-state index contributed by atoms with van der Waals surface area (Å²) in [6.45, 7) is 5.35. The highest BCUT2D eigenvalue weighted by atomic mass is 15.2. The van der Waals surface area contributed by atoms with E-state index in [9.17, 15) is 0 Å². The van der Waals surface area contributed by atoms with Crippen LogP contribution in [0.25, 0.3) is 0 Å². The van der Waals surface area contributed by atoms with Gasteiger partial charge in [-0.1, -0.05) is 0 Å². The molecule has 1 aliphatic heterocycles. The molecule has 2 N–H and O–H groups in total. The minimum atomic E-state index is 0.807. The van der Waals surface area contributed by atoms with Gasteiger partial charge in [-0.2, -0.15) is 0 Å². The summed E-state index contributed by atoms with van der Waals surface area (Å²) in [4.78, 5) is 9.07. The van der Waals surface area contributed by atoms with Crippen molar-refractivity contribution >= 4 is 11.5 Å². The summed E-state index contributed by atoms with van der Waals surface area (Å²) in [5.74, 6) is 1.77. The normalized spacial score (nSPS) is 17.4. The van der Waals surface area contributed by atoms with Gasteiger partial charge in [-0.3, -0.25) is 0 Å². The summed E-state index contributed by atoms with van der Waals surface area (Å²) in [5, 5.41) is 0. The Bertz CT molecular complexity index is 395. The first-order valence-electron chi connectivity index (χ1n) is 6.68. The number of aryl methyl sites for hydroxylation is 1. The van der Waals surface area contributed by atoms with Crippen LogP contribution >= 0.6 is 0 Å². The quantitative estimate of drug-likeness (QED) is 0.885. The average molecular weight is 248 g/mol. The largest absolute Gasteiger partial charge is 0.396 e. The molecule has 1 fully saturated rings. The highest BCUT2D eigenvalue weighted by molar-refractivity contribution is 5.63. The summed E-state index contributed by atoms with van der Waals surface area (Å²) in [7, 11) is 4.29. The second-order valence-corrected chi connectivity index (χ2v) is 5.62. The molecule has 0 radical (unpaired) electrons.